The number of nitrogens with zero attached hydrogens (tertiary/aromatic N) is 1. The van der Waals surface area contributed by atoms with Gasteiger partial charge in [-0.2, -0.15) is 5.26 Å². The second kappa shape index (κ2) is 5.33. The first-order valence-corrected chi connectivity index (χ1v) is 3.48. The average Bonchev–Trinajstić information content (AvgIpc) is 2.03. The maximum Gasteiger partial charge on any atom is 0.332 e. The van der Waals surface area contributed by atoms with E-state index in [1.54, 1.807) is 6.92 Å². The third-order valence-electron chi connectivity index (χ3n) is 1.03. The molecule has 0 amide bonds. The minimum Gasteiger partial charge on any atom is -0.433 e. The summed E-state index contributed by atoms with van der Waals surface area (Å²) in [5, 5.41) is 8.34. The van der Waals surface area contributed by atoms with E-state index in [0.29, 0.717) is 0 Å². The van der Waals surface area contributed by atoms with Crippen LogP contribution in [0.4, 0.5) is 0 Å². The molecule has 0 fully saturated rings. The van der Waals surface area contributed by atoms with Crippen LogP contribution in [-0.4, -0.2) is 18.4 Å². The fourth-order valence-electron chi connectivity index (χ4n) is 0.557. The van der Waals surface area contributed by atoms with Crippen LogP contribution in [0.15, 0.2) is 12.7 Å². The molecule has 4 heteroatoms. The molecule has 66 valence electrons. The zero-order valence-electron chi connectivity index (χ0n) is 7.11. The van der Waals surface area contributed by atoms with Gasteiger partial charge in [-0.25, -0.2) is 4.79 Å². The lowest BCUT2D eigenvalue weighted by atomic mass is 10.4. The van der Waals surface area contributed by atoms with E-state index in [4.69, 9.17) is 10.00 Å². The zero-order chi connectivity index (χ0) is 9.56. The molecule has 0 saturated heterocycles. The highest BCUT2D eigenvalue weighted by atomic mass is 16.7. The van der Waals surface area contributed by atoms with Crippen molar-refractivity contribution in [3.8, 4) is 6.07 Å². The highest BCUT2D eigenvalue weighted by Gasteiger charge is 2.09. The molecule has 0 aromatic carbocycles. The van der Waals surface area contributed by atoms with Crippen LogP contribution in [-0.2, 0) is 14.3 Å². The van der Waals surface area contributed by atoms with Gasteiger partial charge >= 0.3 is 5.97 Å². The van der Waals surface area contributed by atoms with E-state index in [-0.39, 0.29) is 0 Å². The summed E-state index contributed by atoms with van der Waals surface area (Å²) in [6.07, 6.45) is -0.264. The monoisotopic (exact) mass is 169 g/mol. The molecule has 0 aliphatic heterocycles. The Hall–Kier alpha value is -1.34. The summed E-state index contributed by atoms with van der Waals surface area (Å²) in [6.45, 7) is 6.32. The van der Waals surface area contributed by atoms with Crippen molar-refractivity contribution in [3.63, 3.8) is 0 Å². The van der Waals surface area contributed by atoms with Gasteiger partial charge in [0.25, 0.3) is 0 Å². The quantitative estimate of drug-likeness (QED) is 0.357. The number of ether oxygens (including phenoxy) is 2. The topological polar surface area (TPSA) is 59.3 Å². The molecule has 0 N–H and O–H groups in total. The smallest absolute Gasteiger partial charge is 0.332 e. The van der Waals surface area contributed by atoms with E-state index in [1.807, 2.05) is 6.07 Å². The largest absolute Gasteiger partial charge is 0.433 e. The van der Waals surface area contributed by atoms with Crippen LogP contribution in [0.2, 0.25) is 0 Å². The molecule has 0 aromatic heterocycles. The van der Waals surface area contributed by atoms with Crippen molar-refractivity contribution in [3.05, 3.63) is 12.7 Å². The van der Waals surface area contributed by atoms with Gasteiger partial charge in [0.05, 0.1) is 6.07 Å². The first kappa shape index (κ1) is 10.7. The van der Waals surface area contributed by atoms with Crippen molar-refractivity contribution in [2.45, 2.75) is 26.2 Å². The van der Waals surface area contributed by atoms with Gasteiger partial charge in [-0.1, -0.05) is 6.58 Å². The van der Waals surface area contributed by atoms with E-state index < -0.39 is 18.4 Å². The summed E-state index contributed by atoms with van der Waals surface area (Å²) < 4.78 is 9.56. The number of carbonyl (C=O) groups is 1. The minimum atomic E-state index is -0.717. The second-order valence-corrected chi connectivity index (χ2v) is 2.12. The lowest BCUT2D eigenvalue weighted by Gasteiger charge is -2.13. The number of esters is 1. The van der Waals surface area contributed by atoms with Crippen LogP contribution in [0.1, 0.15) is 13.8 Å². The Morgan fingerprint density at radius 3 is 2.67 bits per heavy atom. The van der Waals surface area contributed by atoms with Crippen molar-refractivity contribution in [1.82, 2.24) is 0 Å². The molecule has 0 radical (unpaired) electrons. The molecule has 2 atom stereocenters. The Balaban J connectivity index is 3.75. The Labute approximate surface area is 71.4 Å². The van der Waals surface area contributed by atoms with Crippen molar-refractivity contribution >= 4 is 5.97 Å². The summed E-state index contributed by atoms with van der Waals surface area (Å²) in [6, 6.07) is 1.85. The van der Waals surface area contributed by atoms with Gasteiger partial charge in [0, 0.05) is 6.08 Å². The zero-order valence-corrected chi connectivity index (χ0v) is 7.11. The highest BCUT2D eigenvalue weighted by Crippen LogP contribution is 1.99. The van der Waals surface area contributed by atoms with Gasteiger partial charge in [0.15, 0.2) is 0 Å². The van der Waals surface area contributed by atoms with E-state index in [2.05, 4.69) is 11.3 Å². The molecule has 0 heterocycles. The summed E-state index contributed by atoms with van der Waals surface area (Å²) in [4.78, 5) is 10.6. The number of hydrogen-bond donors (Lipinski definition) is 0. The number of carbonyl (C=O) groups excluding carboxylic acids is 1. The van der Waals surface area contributed by atoms with Gasteiger partial charge in [-0.15, -0.1) is 0 Å². The van der Waals surface area contributed by atoms with Gasteiger partial charge in [-0.3, -0.25) is 0 Å². The van der Waals surface area contributed by atoms with Crippen LogP contribution in [0.25, 0.3) is 0 Å². The third-order valence-corrected chi connectivity index (χ3v) is 1.03. The molecule has 0 aliphatic carbocycles. The standard InChI is InChI=1S/C8H11NO3/c1-4-8(10)12-7(3)11-6(2)5-9/h4,6-7H,1H2,2-3H3. The molecule has 0 aliphatic rings. The Morgan fingerprint density at radius 1 is 1.67 bits per heavy atom. The molecule has 0 rings (SSSR count). The fraction of sp³-hybridized carbons (Fsp3) is 0.500. The summed E-state index contributed by atoms with van der Waals surface area (Å²) in [7, 11) is 0. The maximum absolute atomic E-state index is 10.6. The van der Waals surface area contributed by atoms with Crippen molar-refractivity contribution in [2.75, 3.05) is 0 Å². The molecule has 0 spiro atoms. The number of hydrogen-bond acceptors (Lipinski definition) is 4. The van der Waals surface area contributed by atoms with Crippen LogP contribution in [0, 0.1) is 11.3 Å². The molecule has 12 heavy (non-hydrogen) atoms. The van der Waals surface area contributed by atoms with Gasteiger partial charge in [-0.05, 0) is 13.8 Å². The fourth-order valence-corrected chi connectivity index (χ4v) is 0.557. The molecule has 4 nitrogen and oxygen atoms in total. The lowest BCUT2D eigenvalue weighted by Crippen LogP contribution is -2.21. The van der Waals surface area contributed by atoms with Gasteiger partial charge < -0.3 is 9.47 Å². The number of nitriles is 1. The Kier molecular flexibility index (Phi) is 4.73. The van der Waals surface area contributed by atoms with E-state index in [9.17, 15) is 4.79 Å². The van der Waals surface area contributed by atoms with Crippen LogP contribution in [0.5, 0.6) is 0 Å². The van der Waals surface area contributed by atoms with Crippen LogP contribution >= 0.6 is 0 Å². The van der Waals surface area contributed by atoms with Crippen LogP contribution < -0.4 is 0 Å². The molecule has 0 saturated carbocycles. The van der Waals surface area contributed by atoms with E-state index in [1.165, 1.54) is 6.92 Å². The predicted octanol–water partition coefficient (Wildman–Crippen LogP) is 0.990. The first-order valence-electron chi connectivity index (χ1n) is 3.48. The summed E-state index contributed by atoms with van der Waals surface area (Å²) >= 11 is 0. The highest BCUT2D eigenvalue weighted by molar-refractivity contribution is 5.81. The molecular formula is C8H11NO3. The van der Waals surface area contributed by atoms with Crippen LogP contribution in [0.3, 0.4) is 0 Å². The third kappa shape index (κ3) is 4.47. The SMILES string of the molecule is C=CC(=O)OC(C)OC(C)C#N. The normalized spacial score (nSPS) is 14.1. The predicted molar refractivity (Wildman–Crippen MR) is 41.9 cm³/mol. The van der Waals surface area contributed by atoms with Gasteiger partial charge in [0.1, 0.15) is 6.10 Å². The summed E-state index contributed by atoms with van der Waals surface area (Å²) in [5.41, 5.74) is 0. The Bertz CT molecular complexity index is 207. The second-order valence-electron chi connectivity index (χ2n) is 2.12. The van der Waals surface area contributed by atoms with Gasteiger partial charge in [0.2, 0.25) is 6.29 Å². The molecule has 0 aromatic rings. The first-order chi connectivity index (χ1) is 5.60. The number of rotatable bonds is 4. The molecule has 0 bridgehead atoms. The summed E-state index contributed by atoms with van der Waals surface area (Å²) in [5.74, 6) is -0.562. The minimum absolute atomic E-state index is 0.562. The van der Waals surface area contributed by atoms with Crippen molar-refractivity contribution < 1.29 is 14.3 Å². The maximum atomic E-state index is 10.6. The molecule has 2 unspecified atom stereocenters. The van der Waals surface area contributed by atoms with E-state index in [0.717, 1.165) is 6.08 Å². The van der Waals surface area contributed by atoms with Crippen molar-refractivity contribution in [1.29, 1.82) is 5.26 Å². The lowest BCUT2D eigenvalue weighted by molar-refractivity contribution is -0.172. The van der Waals surface area contributed by atoms with Crippen molar-refractivity contribution in [2.24, 2.45) is 0 Å². The molecular weight excluding hydrogens is 158 g/mol. The van der Waals surface area contributed by atoms with E-state index >= 15 is 0 Å². The average molecular weight is 169 g/mol. The Morgan fingerprint density at radius 2 is 2.25 bits per heavy atom.